The highest BCUT2D eigenvalue weighted by Gasteiger charge is 2.44. The lowest BCUT2D eigenvalue weighted by atomic mass is 9.89. The number of aliphatic hydroxyl groups excluding tert-OH is 1. The normalized spacial score (nSPS) is 34.8. The van der Waals surface area contributed by atoms with Gasteiger partial charge in [-0.25, -0.2) is 0 Å². The second-order valence-electron chi connectivity index (χ2n) is 26.2. The first-order chi connectivity index (χ1) is 42.6. The Balaban J connectivity index is 0.000000142. The number of aliphatic hydroxyl groups is 1. The largest absolute Gasteiger partial charge is 0.462 e. The first kappa shape index (κ1) is 66.6. The maximum atomic E-state index is 10.6. The molecule has 0 radical (unpaired) electrons. The fraction of sp³-hybridized carbons (Fsp3) is 0.458. The highest BCUT2D eigenvalue weighted by molar-refractivity contribution is 5.66. The van der Waals surface area contributed by atoms with Crippen LogP contribution >= 0.6 is 0 Å². The van der Waals surface area contributed by atoms with Crippen LogP contribution in [0.25, 0.3) is 18.2 Å². The van der Waals surface area contributed by atoms with E-state index in [0.717, 1.165) is 60.6 Å². The maximum absolute atomic E-state index is 10.6. The van der Waals surface area contributed by atoms with Gasteiger partial charge >= 0.3 is 5.97 Å². The SMILES string of the molecule is C=CC1CC(/C=C/CO)C2C=CCC12.C=CC1CC(/C=C/COC(C)=O)C2C=CCC12.C=CC1CC(/C=C/COCCCC)C2C=CCC12.C=CC1CC(/C=C/c2ccccc2)C2C=CCC12.C=Cc1ccc(/C=C/C2CC(C=C)C3CC=CC23)cc1. The van der Waals surface area contributed by atoms with Gasteiger partial charge in [0, 0.05) is 13.5 Å². The smallest absolute Gasteiger partial charge is 0.302 e. The molecule has 0 saturated heterocycles. The molecule has 2 aromatic rings. The second-order valence-corrected chi connectivity index (χ2v) is 26.2. The number of fused-ring (bicyclic) bond motifs is 5. The number of carbonyl (C=O) groups is 1. The van der Waals surface area contributed by atoms with E-state index in [1.165, 1.54) is 101 Å². The van der Waals surface area contributed by atoms with Crippen LogP contribution in [-0.2, 0) is 14.3 Å². The van der Waals surface area contributed by atoms with Crippen molar-refractivity contribution in [2.45, 2.75) is 90.9 Å². The fourth-order valence-corrected chi connectivity index (χ4v) is 16.7. The Morgan fingerprint density at radius 2 is 0.805 bits per heavy atom. The lowest BCUT2D eigenvalue weighted by molar-refractivity contribution is -0.139. The predicted octanol–water partition coefficient (Wildman–Crippen LogP) is 20.1. The summed E-state index contributed by atoms with van der Waals surface area (Å²) in [6.07, 6.45) is 73.1. The van der Waals surface area contributed by atoms with Crippen molar-refractivity contribution in [2.75, 3.05) is 26.4 Å². The van der Waals surface area contributed by atoms with E-state index in [1.54, 1.807) is 0 Å². The Hall–Kier alpha value is -6.33. The van der Waals surface area contributed by atoms with Crippen LogP contribution in [0.4, 0.5) is 0 Å². The minimum atomic E-state index is -0.219. The van der Waals surface area contributed by atoms with Gasteiger partial charge in [0.2, 0.25) is 0 Å². The van der Waals surface area contributed by atoms with E-state index in [-0.39, 0.29) is 12.6 Å². The molecule has 462 valence electrons. The lowest BCUT2D eigenvalue weighted by Gasteiger charge is -2.15. The summed E-state index contributed by atoms with van der Waals surface area (Å²) in [4.78, 5) is 10.6. The third-order valence-corrected chi connectivity index (χ3v) is 21.3. The van der Waals surface area contributed by atoms with Gasteiger partial charge in [-0.2, -0.15) is 0 Å². The summed E-state index contributed by atoms with van der Waals surface area (Å²) in [7, 11) is 0. The van der Waals surface area contributed by atoms with Crippen molar-refractivity contribution < 1.29 is 19.4 Å². The molecular formula is C83H106O4. The van der Waals surface area contributed by atoms with Gasteiger partial charge in [0.15, 0.2) is 0 Å². The Labute approximate surface area is 527 Å². The Kier molecular flexibility index (Phi) is 26.8. The van der Waals surface area contributed by atoms with Crippen molar-refractivity contribution in [1.29, 1.82) is 0 Å². The number of rotatable bonds is 21. The number of unbranched alkanes of at least 4 members (excludes halogenated alkanes) is 1. The Morgan fingerprint density at radius 1 is 0.460 bits per heavy atom. The van der Waals surface area contributed by atoms with Crippen molar-refractivity contribution >= 4 is 24.2 Å². The second kappa shape index (κ2) is 35.0. The van der Waals surface area contributed by atoms with Gasteiger partial charge in [-0.05, 0) is 206 Å². The number of allylic oxidation sites excluding steroid dienone is 20. The summed E-state index contributed by atoms with van der Waals surface area (Å²) in [6, 6.07) is 19.1. The molecule has 10 aliphatic carbocycles. The summed E-state index contributed by atoms with van der Waals surface area (Å²) in [5.41, 5.74) is 3.75. The zero-order chi connectivity index (χ0) is 61.3. The molecule has 2 aromatic carbocycles. The number of esters is 1. The maximum Gasteiger partial charge on any atom is 0.302 e. The van der Waals surface area contributed by atoms with Crippen molar-refractivity contribution in [3.05, 3.63) is 251 Å². The minimum absolute atomic E-state index is 0.163. The van der Waals surface area contributed by atoms with Gasteiger partial charge in [0.25, 0.3) is 0 Å². The van der Waals surface area contributed by atoms with Crippen LogP contribution in [0.15, 0.2) is 234 Å². The van der Waals surface area contributed by atoms with Crippen LogP contribution in [0.5, 0.6) is 0 Å². The van der Waals surface area contributed by atoms with Gasteiger partial charge in [-0.1, -0.05) is 232 Å². The summed E-state index contributed by atoms with van der Waals surface area (Å²) >= 11 is 0. The van der Waals surface area contributed by atoms with E-state index < -0.39 is 0 Å². The topological polar surface area (TPSA) is 55.8 Å². The molecule has 4 nitrogen and oxygen atoms in total. The van der Waals surface area contributed by atoms with E-state index in [2.05, 4.69) is 241 Å². The van der Waals surface area contributed by atoms with Crippen LogP contribution in [0, 0.1) is 118 Å². The molecule has 0 heterocycles. The molecule has 0 aliphatic heterocycles. The van der Waals surface area contributed by atoms with Crippen molar-refractivity contribution in [2.24, 2.45) is 118 Å². The fourth-order valence-electron chi connectivity index (χ4n) is 16.7. The van der Waals surface area contributed by atoms with Gasteiger partial charge in [-0.3, -0.25) is 4.79 Å². The molecule has 0 amide bonds. The summed E-state index contributed by atoms with van der Waals surface area (Å²) < 4.78 is 10.5. The van der Waals surface area contributed by atoms with Crippen LogP contribution < -0.4 is 0 Å². The molecule has 4 heteroatoms. The molecule has 0 spiro atoms. The van der Waals surface area contributed by atoms with E-state index in [0.29, 0.717) is 77.6 Å². The highest BCUT2D eigenvalue weighted by atomic mass is 16.5. The molecule has 87 heavy (non-hydrogen) atoms. The van der Waals surface area contributed by atoms with Crippen LogP contribution in [0.2, 0.25) is 0 Å². The van der Waals surface area contributed by atoms with Crippen molar-refractivity contribution in [3.63, 3.8) is 0 Å². The molecule has 5 saturated carbocycles. The van der Waals surface area contributed by atoms with E-state index in [9.17, 15) is 4.79 Å². The monoisotopic (exact) mass is 1170 g/mol. The predicted molar refractivity (Wildman–Crippen MR) is 371 cm³/mol. The van der Waals surface area contributed by atoms with E-state index >= 15 is 0 Å². The average molecular weight is 1170 g/mol. The molecule has 20 unspecified atom stereocenters. The van der Waals surface area contributed by atoms with Crippen LogP contribution in [0.3, 0.4) is 0 Å². The minimum Gasteiger partial charge on any atom is -0.462 e. The van der Waals surface area contributed by atoms with Crippen molar-refractivity contribution in [3.8, 4) is 0 Å². The van der Waals surface area contributed by atoms with E-state index in [4.69, 9.17) is 14.6 Å². The molecule has 12 rings (SSSR count). The standard InChI is InChI=1S/C20H22.C18H20.C17H26O.C15H20O2.C13H18O/c1-3-15-8-10-16(11-9-15)12-13-18-14-17(4-2)19-6-5-7-20(18)19;1-2-15-13-16(18-10-6-9-17(15)18)12-11-14-7-4-3-5-8-14;1-3-5-11-18-12-7-8-15-13-14(4-2)16-9-6-10-17(15)16;1-3-12-10-13(6-5-9-17-11(2)16)15-8-4-7-14(12)15;1-2-10-9-11(5-4-8-14)13-7-3-6-12(10)13/h3-5,7-13,17-20H,1-2,6,14H2;2-8,10-12,15-18H,1,9,13H2;4,6-8,10,14-17H,2-3,5,9,11-13H2,1H3;3-6,8,12-15H,1,7,9-10H2,2H3;2-5,7,10-14H,1,6,8-9H2/b13-12+;12-11+;8-7+;6-5+;5-4+. The Morgan fingerprint density at radius 3 is 1.15 bits per heavy atom. The third-order valence-electron chi connectivity index (χ3n) is 21.3. The lowest BCUT2D eigenvalue weighted by Crippen LogP contribution is -2.09. The first-order valence-electron chi connectivity index (χ1n) is 33.6. The zero-order valence-electron chi connectivity index (χ0n) is 53.0. The number of hydrogen-bond donors (Lipinski definition) is 1. The highest BCUT2D eigenvalue weighted by Crippen LogP contribution is 2.52. The average Bonchev–Trinajstić information content (AvgIpc) is 2.53. The first-order valence-corrected chi connectivity index (χ1v) is 33.6. The summed E-state index contributed by atoms with van der Waals surface area (Å²) in [5, 5.41) is 8.77. The molecule has 1 N–H and O–H groups in total. The number of benzene rings is 2. The van der Waals surface area contributed by atoms with Gasteiger partial charge in [0.1, 0.15) is 6.61 Å². The van der Waals surface area contributed by atoms with Crippen LogP contribution in [-0.4, -0.2) is 37.5 Å². The van der Waals surface area contributed by atoms with Crippen LogP contribution in [0.1, 0.15) is 108 Å². The molecular weight excluding hydrogens is 1060 g/mol. The molecule has 0 bridgehead atoms. The molecule has 20 atom stereocenters. The number of hydrogen-bond acceptors (Lipinski definition) is 4. The van der Waals surface area contributed by atoms with Gasteiger partial charge in [-0.15, -0.1) is 32.9 Å². The summed E-state index contributed by atoms with van der Waals surface area (Å²) in [6.45, 7) is 29.5. The van der Waals surface area contributed by atoms with Gasteiger partial charge in [0.05, 0.1) is 13.2 Å². The van der Waals surface area contributed by atoms with E-state index in [1.807, 2.05) is 18.2 Å². The zero-order valence-corrected chi connectivity index (χ0v) is 53.0. The van der Waals surface area contributed by atoms with Gasteiger partial charge < -0.3 is 14.6 Å². The summed E-state index contributed by atoms with van der Waals surface area (Å²) in [5.74, 6) is 14.0. The molecule has 10 aliphatic rings. The molecule has 0 aromatic heterocycles. The van der Waals surface area contributed by atoms with Crippen molar-refractivity contribution in [1.82, 2.24) is 0 Å². The third kappa shape index (κ3) is 18.2. The number of ether oxygens (including phenoxy) is 2. The Bertz CT molecular complexity index is 2830. The quantitative estimate of drug-likeness (QED) is 0.0769. The molecule has 5 fully saturated rings. The number of carbonyl (C=O) groups excluding carboxylic acids is 1.